The number of aliphatic carboxylic acids is 1. The molecule has 1 aliphatic heterocycles. The molecule has 190 valence electrons. The van der Waals surface area contributed by atoms with Gasteiger partial charge in [-0.25, -0.2) is 14.4 Å². The van der Waals surface area contributed by atoms with Crippen LogP contribution in [0.3, 0.4) is 0 Å². The maximum absolute atomic E-state index is 12.2. The maximum Gasteiger partial charge on any atom is 0.490 e. The minimum Gasteiger partial charge on any atom is -0.478 e. The lowest BCUT2D eigenvalue weighted by Gasteiger charge is -2.36. The molecular weight excluding hydrogens is 495 g/mol. The summed E-state index contributed by atoms with van der Waals surface area (Å²) in [5.41, 5.74) is 1.09. The van der Waals surface area contributed by atoms with E-state index < -0.39 is 18.1 Å². The smallest absolute Gasteiger partial charge is 0.478 e. The van der Waals surface area contributed by atoms with E-state index in [0.29, 0.717) is 49.0 Å². The van der Waals surface area contributed by atoms with Crippen LogP contribution in [0.2, 0.25) is 0 Å². The molecule has 0 bridgehead atoms. The summed E-state index contributed by atoms with van der Waals surface area (Å²) < 4.78 is 36.7. The Labute approximate surface area is 201 Å². The number of carboxylic acids is 2. The lowest BCUT2D eigenvalue weighted by Crippen LogP contribution is -2.49. The second-order valence-corrected chi connectivity index (χ2v) is 7.89. The van der Waals surface area contributed by atoms with Crippen molar-refractivity contribution >= 4 is 46.7 Å². The molecule has 1 fully saturated rings. The van der Waals surface area contributed by atoms with Crippen molar-refractivity contribution in [2.75, 3.05) is 43.0 Å². The van der Waals surface area contributed by atoms with Crippen molar-refractivity contribution in [2.24, 2.45) is 0 Å². The zero-order valence-electron chi connectivity index (χ0n) is 18.4. The van der Waals surface area contributed by atoms with Crippen LogP contribution in [0.15, 0.2) is 35.7 Å². The topological polar surface area (TPSA) is 136 Å². The van der Waals surface area contributed by atoms with Crippen molar-refractivity contribution in [3.8, 4) is 0 Å². The molecule has 1 saturated heterocycles. The Morgan fingerprint density at radius 3 is 2.20 bits per heavy atom. The Bertz CT molecular complexity index is 1050. The fourth-order valence-electron chi connectivity index (χ4n) is 3.01. The number of amides is 2. The van der Waals surface area contributed by atoms with Crippen LogP contribution in [0.1, 0.15) is 27.0 Å². The lowest BCUT2D eigenvalue weighted by molar-refractivity contribution is -0.192. The third-order valence-corrected chi connectivity index (χ3v) is 5.49. The van der Waals surface area contributed by atoms with E-state index in [0.717, 1.165) is 0 Å². The first-order chi connectivity index (χ1) is 16.4. The standard InChI is InChI=1S/C19H21N3O5S.C2HF3O2/c1-2-27-19(26)22-9-7-21(8-10-22)15-6-5-13(12-14(15)18(24)25)20-17(23)16-4-3-11-28-16;3-2(4,5)1(6)7/h3-6,11-12H,2,7-10H2,1H3,(H,20,23)(H,24,25);(H,6,7). The quantitative estimate of drug-likeness (QED) is 0.547. The third kappa shape index (κ3) is 7.88. The molecule has 2 heterocycles. The highest BCUT2D eigenvalue weighted by Crippen LogP contribution is 2.26. The number of nitrogens with zero attached hydrogens (tertiary/aromatic N) is 2. The predicted octanol–water partition coefficient (Wildman–Crippen LogP) is 3.61. The molecule has 1 aliphatic rings. The van der Waals surface area contributed by atoms with Crippen molar-refractivity contribution < 1.29 is 47.3 Å². The Kier molecular flexibility index (Phi) is 9.45. The van der Waals surface area contributed by atoms with E-state index in [-0.39, 0.29) is 17.6 Å². The van der Waals surface area contributed by atoms with Gasteiger partial charge in [0.15, 0.2) is 0 Å². The number of hydrogen-bond acceptors (Lipinski definition) is 7. The zero-order valence-corrected chi connectivity index (χ0v) is 19.2. The van der Waals surface area contributed by atoms with Gasteiger partial charge in [-0.15, -0.1) is 11.3 Å². The molecule has 0 spiro atoms. The number of carboxylic acid groups (broad SMARTS) is 2. The van der Waals surface area contributed by atoms with E-state index in [1.54, 1.807) is 41.5 Å². The van der Waals surface area contributed by atoms with Crippen LogP contribution in [0.4, 0.5) is 29.3 Å². The summed E-state index contributed by atoms with van der Waals surface area (Å²) in [5.74, 6) is -4.11. The Morgan fingerprint density at radius 2 is 1.71 bits per heavy atom. The number of halogens is 3. The molecule has 2 aromatic rings. The summed E-state index contributed by atoms with van der Waals surface area (Å²) >= 11 is 1.31. The van der Waals surface area contributed by atoms with Gasteiger partial charge in [0.05, 0.1) is 22.7 Å². The lowest BCUT2D eigenvalue weighted by atomic mass is 10.1. The van der Waals surface area contributed by atoms with Gasteiger partial charge in [-0.1, -0.05) is 6.07 Å². The molecule has 0 unspecified atom stereocenters. The number of ether oxygens (including phenoxy) is 1. The predicted molar refractivity (Wildman–Crippen MR) is 120 cm³/mol. The SMILES string of the molecule is CCOC(=O)N1CCN(c2ccc(NC(=O)c3cccs3)cc2C(=O)O)CC1.O=C(O)C(F)(F)F. The number of thiophene rings is 1. The molecule has 10 nitrogen and oxygen atoms in total. The summed E-state index contributed by atoms with van der Waals surface area (Å²) in [7, 11) is 0. The summed E-state index contributed by atoms with van der Waals surface area (Å²) in [4.78, 5) is 48.7. The van der Waals surface area contributed by atoms with Gasteiger partial charge in [0, 0.05) is 31.9 Å². The minimum absolute atomic E-state index is 0.105. The van der Waals surface area contributed by atoms with Crippen molar-refractivity contribution in [3.63, 3.8) is 0 Å². The first-order valence-electron chi connectivity index (χ1n) is 10.1. The highest BCUT2D eigenvalue weighted by atomic mass is 32.1. The van der Waals surface area contributed by atoms with Gasteiger partial charge in [0.2, 0.25) is 0 Å². The monoisotopic (exact) mass is 517 g/mol. The third-order valence-electron chi connectivity index (χ3n) is 4.62. The van der Waals surface area contributed by atoms with E-state index in [2.05, 4.69) is 5.32 Å². The molecule has 3 N–H and O–H groups in total. The Hall–Kier alpha value is -3.81. The van der Waals surface area contributed by atoms with Crippen LogP contribution in [-0.2, 0) is 9.53 Å². The molecule has 0 aliphatic carbocycles. The normalized spacial score (nSPS) is 13.4. The summed E-state index contributed by atoms with van der Waals surface area (Å²) in [6.07, 6.45) is -5.44. The van der Waals surface area contributed by atoms with Gasteiger partial charge >= 0.3 is 24.2 Å². The van der Waals surface area contributed by atoms with Gasteiger partial charge in [-0.3, -0.25) is 4.79 Å². The Balaban J connectivity index is 0.000000540. The van der Waals surface area contributed by atoms with E-state index in [1.807, 2.05) is 4.90 Å². The second kappa shape index (κ2) is 12.1. The van der Waals surface area contributed by atoms with Gasteiger partial charge in [0.25, 0.3) is 5.91 Å². The molecule has 3 rings (SSSR count). The van der Waals surface area contributed by atoms with Crippen molar-refractivity contribution in [1.29, 1.82) is 0 Å². The van der Waals surface area contributed by atoms with Crippen molar-refractivity contribution in [3.05, 3.63) is 46.2 Å². The van der Waals surface area contributed by atoms with Crippen LogP contribution in [0, 0.1) is 0 Å². The van der Waals surface area contributed by atoms with Gasteiger partial charge in [-0.2, -0.15) is 13.2 Å². The van der Waals surface area contributed by atoms with Gasteiger partial charge in [-0.05, 0) is 36.6 Å². The summed E-state index contributed by atoms with van der Waals surface area (Å²) in [5, 5.41) is 21.3. The van der Waals surface area contributed by atoms with Gasteiger partial charge < -0.3 is 30.1 Å². The van der Waals surface area contributed by atoms with Crippen LogP contribution in [0.5, 0.6) is 0 Å². The van der Waals surface area contributed by atoms with Crippen LogP contribution in [0.25, 0.3) is 0 Å². The molecule has 0 radical (unpaired) electrons. The molecule has 2 amide bonds. The van der Waals surface area contributed by atoms with Crippen molar-refractivity contribution in [2.45, 2.75) is 13.1 Å². The first-order valence-corrected chi connectivity index (χ1v) is 11.0. The highest BCUT2D eigenvalue weighted by Gasteiger charge is 2.38. The molecule has 14 heteroatoms. The number of carbonyl (C=O) groups excluding carboxylic acids is 2. The van der Waals surface area contributed by atoms with E-state index in [9.17, 15) is 32.7 Å². The molecule has 35 heavy (non-hydrogen) atoms. The first kappa shape index (κ1) is 27.4. The van der Waals surface area contributed by atoms with Gasteiger partial charge in [0.1, 0.15) is 0 Å². The van der Waals surface area contributed by atoms with E-state index in [1.165, 1.54) is 17.4 Å². The maximum atomic E-state index is 12.2. The molecule has 1 aromatic heterocycles. The number of piperazine rings is 1. The number of carbonyl (C=O) groups is 4. The fourth-order valence-corrected chi connectivity index (χ4v) is 3.62. The van der Waals surface area contributed by atoms with Crippen LogP contribution < -0.4 is 10.2 Å². The molecule has 0 saturated carbocycles. The summed E-state index contributed by atoms with van der Waals surface area (Å²) in [6, 6.07) is 8.32. The largest absolute Gasteiger partial charge is 0.490 e. The minimum atomic E-state index is -5.08. The number of aromatic carboxylic acids is 1. The number of hydrogen-bond donors (Lipinski definition) is 3. The highest BCUT2D eigenvalue weighted by molar-refractivity contribution is 7.12. The average molecular weight is 517 g/mol. The number of anilines is 2. The van der Waals surface area contributed by atoms with E-state index >= 15 is 0 Å². The molecule has 1 aromatic carbocycles. The van der Waals surface area contributed by atoms with E-state index in [4.69, 9.17) is 14.6 Å². The average Bonchev–Trinajstić information content (AvgIpc) is 3.34. The number of benzene rings is 1. The second-order valence-electron chi connectivity index (χ2n) is 6.94. The Morgan fingerprint density at radius 1 is 1.09 bits per heavy atom. The fraction of sp³-hybridized carbons (Fsp3) is 0.333. The number of nitrogens with one attached hydrogen (secondary N) is 1. The zero-order chi connectivity index (χ0) is 26.2. The number of rotatable bonds is 5. The summed E-state index contributed by atoms with van der Waals surface area (Å²) in [6.45, 7) is 3.98. The van der Waals surface area contributed by atoms with Crippen molar-refractivity contribution in [1.82, 2.24) is 4.90 Å². The van der Waals surface area contributed by atoms with Crippen LogP contribution in [-0.4, -0.2) is 78.0 Å². The van der Waals surface area contributed by atoms with Crippen LogP contribution >= 0.6 is 11.3 Å². The number of alkyl halides is 3. The molecule has 0 atom stereocenters. The molecular formula is C21H22F3N3O7S.